The Kier molecular flexibility index (Phi) is 5.25. The van der Waals surface area contributed by atoms with Crippen LogP contribution in [0, 0.1) is 5.82 Å². The Morgan fingerprint density at radius 2 is 2.24 bits per heavy atom. The molecule has 0 bridgehead atoms. The number of hydrogen-bond donors (Lipinski definition) is 2. The molecule has 0 aliphatic carbocycles. The van der Waals surface area contributed by atoms with E-state index in [0.29, 0.717) is 19.0 Å². The molecule has 1 aromatic carbocycles. The van der Waals surface area contributed by atoms with E-state index in [0.717, 1.165) is 17.8 Å². The minimum absolute atomic E-state index is 0.211. The highest BCUT2D eigenvalue weighted by Gasteiger charge is 2.03. The van der Waals surface area contributed by atoms with Crippen molar-refractivity contribution in [3.05, 3.63) is 47.8 Å². The van der Waals surface area contributed by atoms with Crippen LogP contribution in [0.5, 0.6) is 0 Å². The number of aromatic nitrogens is 3. The van der Waals surface area contributed by atoms with Gasteiger partial charge in [0.2, 0.25) is 0 Å². The van der Waals surface area contributed by atoms with Gasteiger partial charge in [0.1, 0.15) is 12.1 Å². The highest BCUT2D eigenvalue weighted by atomic mass is 19.1. The summed E-state index contributed by atoms with van der Waals surface area (Å²) >= 11 is 0. The van der Waals surface area contributed by atoms with Crippen LogP contribution in [-0.2, 0) is 20.0 Å². The van der Waals surface area contributed by atoms with Gasteiger partial charge in [0.05, 0.1) is 6.54 Å². The zero-order chi connectivity index (χ0) is 15.1. The van der Waals surface area contributed by atoms with Gasteiger partial charge in [0.25, 0.3) is 0 Å². The van der Waals surface area contributed by atoms with E-state index in [1.165, 1.54) is 12.1 Å². The van der Waals surface area contributed by atoms with Crippen molar-refractivity contribution in [2.45, 2.75) is 13.0 Å². The predicted molar refractivity (Wildman–Crippen MR) is 79.3 cm³/mol. The van der Waals surface area contributed by atoms with Crippen LogP contribution in [0.2, 0.25) is 0 Å². The molecule has 0 saturated heterocycles. The molecule has 0 spiro atoms. The van der Waals surface area contributed by atoms with Crippen LogP contribution in [-0.4, -0.2) is 34.3 Å². The van der Waals surface area contributed by atoms with Gasteiger partial charge in [-0.05, 0) is 24.1 Å². The van der Waals surface area contributed by atoms with Crippen LogP contribution in [0.25, 0.3) is 0 Å². The van der Waals surface area contributed by atoms with Crippen LogP contribution in [0.15, 0.2) is 35.6 Å². The maximum atomic E-state index is 13.1. The summed E-state index contributed by atoms with van der Waals surface area (Å²) in [6.45, 7) is 1.21. The maximum Gasteiger partial charge on any atom is 0.191 e. The topological polar surface area (TPSA) is 67.1 Å². The van der Waals surface area contributed by atoms with Gasteiger partial charge < -0.3 is 15.2 Å². The summed E-state index contributed by atoms with van der Waals surface area (Å²) in [6, 6.07) is 6.60. The van der Waals surface area contributed by atoms with E-state index < -0.39 is 0 Å². The number of aryl methyl sites for hydroxylation is 1. The SMILES string of the molecule is CN=C(NCCc1cccc(F)c1)NCc1nncn1C. The standard InChI is InChI=1S/C14H19FN6/c1-16-14(18-9-13-20-19-10-21(13)2)17-7-6-11-4-3-5-12(15)8-11/h3-5,8,10H,6-7,9H2,1-2H3,(H2,16,17,18). The highest BCUT2D eigenvalue weighted by Crippen LogP contribution is 2.03. The van der Waals surface area contributed by atoms with Gasteiger partial charge in [-0.1, -0.05) is 12.1 Å². The zero-order valence-electron chi connectivity index (χ0n) is 12.2. The molecule has 1 heterocycles. The second kappa shape index (κ2) is 7.37. The normalized spacial score (nSPS) is 11.5. The molecule has 2 aromatic rings. The summed E-state index contributed by atoms with van der Waals surface area (Å²) in [5.41, 5.74) is 0.950. The van der Waals surface area contributed by atoms with E-state index in [-0.39, 0.29) is 5.82 Å². The van der Waals surface area contributed by atoms with Crippen molar-refractivity contribution in [3.8, 4) is 0 Å². The first-order valence-corrected chi connectivity index (χ1v) is 6.71. The van der Waals surface area contributed by atoms with Gasteiger partial charge in [-0.25, -0.2) is 4.39 Å². The van der Waals surface area contributed by atoms with Gasteiger partial charge in [-0.3, -0.25) is 4.99 Å². The fraction of sp³-hybridized carbons (Fsp3) is 0.357. The van der Waals surface area contributed by atoms with E-state index >= 15 is 0 Å². The van der Waals surface area contributed by atoms with Crippen LogP contribution in [0.1, 0.15) is 11.4 Å². The Morgan fingerprint density at radius 3 is 2.90 bits per heavy atom. The lowest BCUT2D eigenvalue weighted by Gasteiger charge is -2.11. The third-order valence-electron chi connectivity index (χ3n) is 3.04. The Labute approximate surface area is 123 Å². The molecule has 2 N–H and O–H groups in total. The molecule has 2 rings (SSSR count). The van der Waals surface area contributed by atoms with Gasteiger partial charge in [0, 0.05) is 20.6 Å². The number of halogens is 1. The molecule has 0 aliphatic heterocycles. The molecule has 0 unspecified atom stereocenters. The predicted octanol–water partition coefficient (Wildman–Crippen LogP) is 0.862. The van der Waals surface area contributed by atoms with Gasteiger partial charge >= 0.3 is 0 Å². The van der Waals surface area contributed by atoms with E-state index in [1.807, 2.05) is 17.7 Å². The van der Waals surface area contributed by atoms with Crippen LogP contribution < -0.4 is 10.6 Å². The monoisotopic (exact) mass is 290 g/mol. The summed E-state index contributed by atoms with van der Waals surface area (Å²) in [5, 5.41) is 14.1. The second-order valence-electron chi connectivity index (χ2n) is 4.59. The Hall–Kier alpha value is -2.44. The fourth-order valence-electron chi connectivity index (χ4n) is 1.87. The van der Waals surface area contributed by atoms with Gasteiger partial charge in [-0.15, -0.1) is 10.2 Å². The molecule has 0 amide bonds. The number of nitrogens with zero attached hydrogens (tertiary/aromatic N) is 4. The lowest BCUT2D eigenvalue weighted by atomic mass is 10.1. The molecule has 0 radical (unpaired) electrons. The molecule has 1 aromatic heterocycles. The van der Waals surface area contributed by atoms with Crippen molar-refractivity contribution in [2.24, 2.45) is 12.0 Å². The number of nitrogens with one attached hydrogen (secondary N) is 2. The molecule has 21 heavy (non-hydrogen) atoms. The van der Waals surface area contributed by atoms with Crippen molar-refractivity contribution in [2.75, 3.05) is 13.6 Å². The minimum Gasteiger partial charge on any atom is -0.356 e. The molecule has 0 saturated carbocycles. The molecule has 0 aliphatic rings. The average molecular weight is 290 g/mol. The van der Waals surface area contributed by atoms with Gasteiger partial charge in [-0.2, -0.15) is 0 Å². The Bertz CT molecular complexity index is 607. The van der Waals surface area contributed by atoms with Crippen molar-refractivity contribution in [3.63, 3.8) is 0 Å². The number of benzene rings is 1. The summed E-state index contributed by atoms with van der Waals surface area (Å²) < 4.78 is 14.9. The van der Waals surface area contributed by atoms with E-state index in [4.69, 9.17) is 0 Å². The van der Waals surface area contributed by atoms with E-state index in [2.05, 4.69) is 25.8 Å². The fourth-order valence-corrected chi connectivity index (χ4v) is 1.87. The summed E-state index contributed by atoms with van der Waals surface area (Å²) in [6.07, 6.45) is 2.37. The average Bonchev–Trinajstić information content (AvgIpc) is 2.88. The Balaban J connectivity index is 1.77. The minimum atomic E-state index is -0.211. The van der Waals surface area contributed by atoms with E-state index in [1.54, 1.807) is 19.4 Å². The summed E-state index contributed by atoms with van der Waals surface area (Å²) in [4.78, 5) is 4.13. The maximum absolute atomic E-state index is 13.1. The smallest absolute Gasteiger partial charge is 0.191 e. The largest absolute Gasteiger partial charge is 0.356 e. The first-order valence-electron chi connectivity index (χ1n) is 6.71. The molecular formula is C14H19FN6. The third kappa shape index (κ3) is 4.55. The van der Waals surface area contributed by atoms with Gasteiger partial charge in [0.15, 0.2) is 11.8 Å². The van der Waals surface area contributed by atoms with Crippen molar-refractivity contribution in [1.29, 1.82) is 0 Å². The third-order valence-corrected chi connectivity index (χ3v) is 3.04. The van der Waals surface area contributed by atoms with Crippen LogP contribution in [0.3, 0.4) is 0 Å². The lowest BCUT2D eigenvalue weighted by molar-refractivity contribution is 0.625. The van der Waals surface area contributed by atoms with Crippen molar-refractivity contribution in [1.82, 2.24) is 25.4 Å². The quantitative estimate of drug-likeness (QED) is 0.633. The number of hydrogen-bond acceptors (Lipinski definition) is 3. The van der Waals surface area contributed by atoms with E-state index in [9.17, 15) is 4.39 Å². The second-order valence-corrected chi connectivity index (χ2v) is 4.59. The Morgan fingerprint density at radius 1 is 1.38 bits per heavy atom. The zero-order valence-corrected chi connectivity index (χ0v) is 12.2. The number of rotatable bonds is 5. The molecule has 0 fully saturated rings. The first-order chi connectivity index (χ1) is 10.2. The summed E-state index contributed by atoms with van der Waals surface area (Å²) in [5.74, 6) is 1.29. The highest BCUT2D eigenvalue weighted by molar-refractivity contribution is 5.79. The molecule has 7 heteroatoms. The summed E-state index contributed by atoms with van der Waals surface area (Å²) in [7, 11) is 3.59. The molecular weight excluding hydrogens is 271 g/mol. The van der Waals surface area contributed by atoms with Crippen LogP contribution in [0.4, 0.5) is 4.39 Å². The lowest BCUT2D eigenvalue weighted by Crippen LogP contribution is -2.38. The number of guanidine groups is 1. The van der Waals surface area contributed by atoms with Crippen LogP contribution >= 0.6 is 0 Å². The molecule has 0 atom stereocenters. The molecule has 112 valence electrons. The van der Waals surface area contributed by atoms with Crippen molar-refractivity contribution >= 4 is 5.96 Å². The first kappa shape index (κ1) is 15.0. The van der Waals surface area contributed by atoms with Crippen molar-refractivity contribution < 1.29 is 4.39 Å². The molecule has 6 nitrogen and oxygen atoms in total. The number of aliphatic imine (C=N–C) groups is 1.